The van der Waals surface area contributed by atoms with Crippen molar-refractivity contribution in [2.45, 2.75) is 19.4 Å². The largest absolute Gasteiger partial charge is 0.480 e. The molecule has 0 saturated heterocycles. The van der Waals surface area contributed by atoms with Crippen molar-refractivity contribution in [3.63, 3.8) is 0 Å². The van der Waals surface area contributed by atoms with Gasteiger partial charge < -0.3 is 15.4 Å². The molecular formula is C22H19N3O3. The van der Waals surface area contributed by atoms with Gasteiger partial charge in [0.25, 0.3) is 5.91 Å². The summed E-state index contributed by atoms with van der Waals surface area (Å²) in [6.45, 7) is 1.98. The first-order chi connectivity index (χ1) is 13.5. The highest BCUT2D eigenvalue weighted by Gasteiger charge is 2.23. The molecule has 3 aromatic carbocycles. The Morgan fingerprint density at radius 2 is 1.86 bits per heavy atom. The lowest BCUT2D eigenvalue weighted by atomic mass is 10.1. The van der Waals surface area contributed by atoms with Gasteiger partial charge in [-0.3, -0.25) is 4.79 Å². The number of fused-ring (bicyclic) bond motifs is 2. The van der Waals surface area contributed by atoms with Crippen LogP contribution >= 0.6 is 0 Å². The summed E-state index contributed by atoms with van der Waals surface area (Å²) >= 11 is 0. The summed E-state index contributed by atoms with van der Waals surface area (Å²) in [7, 11) is 0. The first-order valence-electron chi connectivity index (χ1n) is 8.97. The SMILES string of the molecule is Cc1ccc2nc(C[C@@H](NC(=O)c3ccc4ccccc4c3)C(=O)O)[nH]c2c1. The number of imidazole rings is 1. The van der Waals surface area contributed by atoms with Crippen LogP contribution in [0.15, 0.2) is 60.7 Å². The summed E-state index contributed by atoms with van der Waals surface area (Å²) in [6.07, 6.45) is 0.0718. The molecule has 1 amide bonds. The number of aromatic nitrogens is 2. The molecule has 0 aliphatic carbocycles. The Balaban J connectivity index is 1.55. The highest BCUT2D eigenvalue weighted by atomic mass is 16.4. The van der Waals surface area contributed by atoms with E-state index >= 15 is 0 Å². The molecule has 0 aliphatic heterocycles. The number of hydrogen-bond acceptors (Lipinski definition) is 3. The van der Waals surface area contributed by atoms with Gasteiger partial charge >= 0.3 is 5.97 Å². The van der Waals surface area contributed by atoms with Gasteiger partial charge in [-0.1, -0.05) is 36.4 Å². The van der Waals surface area contributed by atoms with E-state index in [4.69, 9.17) is 0 Å². The molecule has 0 spiro atoms. The number of nitrogens with zero attached hydrogens (tertiary/aromatic N) is 1. The summed E-state index contributed by atoms with van der Waals surface area (Å²) in [5, 5.41) is 14.1. The predicted octanol–water partition coefficient (Wildman–Crippen LogP) is 3.45. The van der Waals surface area contributed by atoms with E-state index in [1.54, 1.807) is 12.1 Å². The maximum Gasteiger partial charge on any atom is 0.326 e. The highest BCUT2D eigenvalue weighted by Crippen LogP contribution is 2.17. The van der Waals surface area contributed by atoms with Gasteiger partial charge in [-0.2, -0.15) is 0 Å². The van der Waals surface area contributed by atoms with E-state index < -0.39 is 17.9 Å². The number of amides is 1. The van der Waals surface area contributed by atoms with Gasteiger partial charge in [-0.15, -0.1) is 0 Å². The number of hydrogen-bond donors (Lipinski definition) is 3. The minimum absolute atomic E-state index is 0.0718. The second-order valence-electron chi connectivity index (χ2n) is 6.83. The van der Waals surface area contributed by atoms with Crippen LogP contribution in [0.25, 0.3) is 21.8 Å². The number of aliphatic carboxylic acids is 1. The molecule has 6 nitrogen and oxygen atoms in total. The van der Waals surface area contributed by atoms with Crippen LogP contribution in [0, 0.1) is 6.92 Å². The number of benzene rings is 3. The Labute approximate surface area is 161 Å². The van der Waals surface area contributed by atoms with Crippen LogP contribution in [0.3, 0.4) is 0 Å². The van der Waals surface area contributed by atoms with E-state index in [9.17, 15) is 14.7 Å². The molecule has 28 heavy (non-hydrogen) atoms. The maximum atomic E-state index is 12.6. The molecular weight excluding hydrogens is 354 g/mol. The van der Waals surface area contributed by atoms with E-state index in [-0.39, 0.29) is 6.42 Å². The van der Waals surface area contributed by atoms with Crippen molar-refractivity contribution in [1.82, 2.24) is 15.3 Å². The summed E-state index contributed by atoms with van der Waals surface area (Å²) < 4.78 is 0. The van der Waals surface area contributed by atoms with Crippen molar-refractivity contribution in [2.75, 3.05) is 0 Å². The molecule has 0 aliphatic rings. The van der Waals surface area contributed by atoms with Crippen molar-refractivity contribution in [3.05, 3.63) is 77.6 Å². The number of carboxylic acid groups (broad SMARTS) is 1. The van der Waals surface area contributed by atoms with E-state index in [1.807, 2.05) is 55.5 Å². The maximum absolute atomic E-state index is 12.6. The standard InChI is InChI=1S/C22H19N3O3/c1-13-6-9-17-18(10-13)24-20(23-17)12-19(22(27)28)25-21(26)16-8-7-14-4-2-3-5-15(14)11-16/h2-11,19H,12H2,1H3,(H,23,24)(H,25,26)(H,27,28)/t19-/m1/s1. The van der Waals surface area contributed by atoms with Gasteiger partial charge in [0.05, 0.1) is 11.0 Å². The van der Waals surface area contributed by atoms with Crippen LogP contribution in [-0.2, 0) is 11.2 Å². The molecule has 1 aromatic heterocycles. The van der Waals surface area contributed by atoms with Crippen LogP contribution in [0.1, 0.15) is 21.7 Å². The number of H-pyrrole nitrogens is 1. The number of carboxylic acids is 1. The zero-order chi connectivity index (χ0) is 19.7. The Morgan fingerprint density at radius 3 is 2.64 bits per heavy atom. The number of nitrogens with one attached hydrogen (secondary N) is 2. The molecule has 6 heteroatoms. The first kappa shape index (κ1) is 17.7. The van der Waals surface area contributed by atoms with Crippen molar-refractivity contribution >= 4 is 33.7 Å². The van der Waals surface area contributed by atoms with E-state index in [2.05, 4.69) is 15.3 Å². The normalized spacial score (nSPS) is 12.2. The van der Waals surface area contributed by atoms with E-state index in [0.29, 0.717) is 11.4 Å². The van der Waals surface area contributed by atoms with Crippen molar-refractivity contribution < 1.29 is 14.7 Å². The third kappa shape index (κ3) is 3.57. The third-order valence-corrected chi connectivity index (χ3v) is 4.70. The van der Waals surface area contributed by atoms with Crippen LogP contribution in [-0.4, -0.2) is 33.0 Å². The monoisotopic (exact) mass is 373 g/mol. The van der Waals surface area contributed by atoms with Crippen LogP contribution in [0.5, 0.6) is 0 Å². The Morgan fingerprint density at radius 1 is 1.07 bits per heavy atom. The lowest BCUT2D eigenvalue weighted by Gasteiger charge is -2.13. The second-order valence-corrected chi connectivity index (χ2v) is 6.83. The molecule has 0 saturated carbocycles. The lowest BCUT2D eigenvalue weighted by molar-refractivity contribution is -0.139. The fourth-order valence-corrected chi connectivity index (χ4v) is 3.24. The van der Waals surface area contributed by atoms with Crippen LogP contribution < -0.4 is 5.32 Å². The average molecular weight is 373 g/mol. The fourth-order valence-electron chi connectivity index (χ4n) is 3.24. The molecule has 140 valence electrons. The van der Waals surface area contributed by atoms with Crippen molar-refractivity contribution in [2.24, 2.45) is 0 Å². The molecule has 1 heterocycles. The highest BCUT2D eigenvalue weighted by molar-refractivity contribution is 6.00. The summed E-state index contributed by atoms with van der Waals surface area (Å²) in [5.41, 5.74) is 3.12. The second kappa shape index (κ2) is 7.15. The van der Waals surface area contributed by atoms with Gasteiger partial charge in [0.1, 0.15) is 11.9 Å². The van der Waals surface area contributed by atoms with Crippen LogP contribution in [0.4, 0.5) is 0 Å². The van der Waals surface area contributed by atoms with E-state index in [0.717, 1.165) is 27.4 Å². The zero-order valence-corrected chi connectivity index (χ0v) is 15.3. The third-order valence-electron chi connectivity index (χ3n) is 4.70. The fraction of sp³-hybridized carbons (Fsp3) is 0.136. The molecule has 4 aromatic rings. The van der Waals surface area contributed by atoms with E-state index in [1.165, 1.54) is 0 Å². The molecule has 3 N–H and O–H groups in total. The molecule has 0 bridgehead atoms. The molecule has 0 unspecified atom stereocenters. The number of rotatable bonds is 5. The number of aromatic amines is 1. The van der Waals surface area contributed by atoms with Crippen molar-refractivity contribution in [3.8, 4) is 0 Å². The molecule has 1 atom stereocenters. The van der Waals surface area contributed by atoms with Gasteiger partial charge in [-0.05, 0) is 47.5 Å². The number of aryl methyl sites for hydroxylation is 1. The lowest BCUT2D eigenvalue weighted by Crippen LogP contribution is -2.42. The quantitative estimate of drug-likeness (QED) is 0.499. The first-order valence-corrected chi connectivity index (χ1v) is 8.97. The minimum atomic E-state index is -1.11. The zero-order valence-electron chi connectivity index (χ0n) is 15.3. The van der Waals surface area contributed by atoms with Gasteiger partial charge in [-0.25, -0.2) is 9.78 Å². The topological polar surface area (TPSA) is 95.1 Å². The van der Waals surface area contributed by atoms with Crippen LogP contribution in [0.2, 0.25) is 0 Å². The average Bonchev–Trinajstić information content (AvgIpc) is 3.08. The molecule has 0 fully saturated rings. The Hall–Kier alpha value is -3.67. The number of carbonyl (C=O) groups is 2. The summed E-state index contributed by atoms with van der Waals surface area (Å²) in [6, 6.07) is 17.7. The molecule has 4 rings (SSSR count). The number of carbonyl (C=O) groups excluding carboxylic acids is 1. The Bertz CT molecular complexity index is 1200. The van der Waals surface area contributed by atoms with Gasteiger partial charge in [0.2, 0.25) is 0 Å². The predicted molar refractivity (Wildman–Crippen MR) is 107 cm³/mol. The molecule has 0 radical (unpaired) electrons. The van der Waals surface area contributed by atoms with Gasteiger partial charge in [0, 0.05) is 12.0 Å². The smallest absolute Gasteiger partial charge is 0.326 e. The van der Waals surface area contributed by atoms with Crippen molar-refractivity contribution in [1.29, 1.82) is 0 Å². The summed E-state index contributed by atoms with van der Waals surface area (Å²) in [5.74, 6) is -1.01. The Kier molecular flexibility index (Phi) is 4.53. The summed E-state index contributed by atoms with van der Waals surface area (Å²) in [4.78, 5) is 31.9. The van der Waals surface area contributed by atoms with Gasteiger partial charge in [0.15, 0.2) is 0 Å². The minimum Gasteiger partial charge on any atom is -0.480 e.